The molecule has 2 aromatic rings. The predicted molar refractivity (Wildman–Crippen MR) is 95.0 cm³/mol. The van der Waals surface area contributed by atoms with Gasteiger partial charge in [0.1, 0.15) is 0 Å². The van der Waals surface area contributed by atoms with Crippen LogP contribution in [0.3, 0.4) is 0 Å². The van der Waals surface area contributed by atoms with Crippen LogP contribution in [0.5, 0.6) is 0 Å². The number of thiophene rings is 1. The van der Waals surface area contributed by atoms with Gasteiger partial charge in [-0.05, 0) is 50.9 Å². The molecule has 2 N–H and O–H groups in total. The van der Waals surface area contributed by atoms with Crippen LogP contribution in [0.4, 0.5) is 0 Å². The van der Waals surface area contributed by atoms with E-state index >= 15 is 0 Å². The highest BCUT2D eigenvalue weighted by Gasteiger charge is 2.18. The zero-order valence-corrected chi connectivity index (χ0v) is 14.6. The van der Waals surface area contributed by atoms with Crippen molar-refractivity contribution in [3.05, 3.63) is 44.7 Å². The molecule has 4 nitrogen and oxygen atoms in total. The Hall–Kier alpha value is -1.43. The molecule has 23 heavy (non-hydrogen) atoms. The molecule has 0 aromatic carbocycles. The maximum absolute atomic E-state index is 11.9. The summed E-state index contributed by atoms with van der Waals surface area (Å²) in [5.74, 6) is 0. The molecular formula is C18H24N2O2S. The maximum Gasteiger partial charge on any atom is 0.251 e. The van der Waals surface area contributed by atoms with Crippen LogP contribution in [-0.2, 0) is 13.0 Å². The average molecular weight is 332 g/mol. The van der Waals surface area contributed by atoms with E-state index in [-0.39, 0.29) is 11.7 Å². The molecule has 0 aliphatic carbocycles. The number of rotatable bonds is 4. The molecule has 1 unspecified atom stereocenters. The summed E-state index contributed by atoms with van der Waals surface area (Å²) in [5.41, 5.74) is 2.90. The Morgan fingerprint density at radius 2 is 2.26 bits per heavy atom. The Bertz CT molecular complexity index is 735. The molecule has 1 aliphatic heterocycles. The molecule has 2 aromatic heterocycles. The van der Waals surface area contributed by atoms with E-state index in [1.807, 2.05) is 19.9 Å². The molecule has 0 radical (unpaired) electrons. The number of pyridine rings is 1. The zero-order valence-electron chi connectivity index (χ0n) is 13.8. The number of β-amino-alcohol motifs (C(OH)–C–C–N with tert-alkyl or cyclic N) is 1. The van der Waals surface area contributed by atoms with Crippen LogP contribution in [0.1, 0.15) is 35.9 Å². The first-order chi connectivity index (χ1) is 11.1. The fourth-order valence-electron chi connectivity index (χ4n) is 3.19. The van der Waals surface area contributed by atoms with Crippen LogP contribution in [0.15, 0.2) is 23.0 Å². The van der Waals surface area contributed by atoms with Gasteiger partial charge in [0.2, 0.25) is 0 Å². The number of aryl methyl sites for hydroxylation is 2. The second-order valence-electron chi connectivity index (χ2n) is 6.31. The van der Waals surface area contributed by atoms with E-state index in [0.717, 1.165) is 55.7 Å². The molecule has 0 spiro atoms. The lowest BCUT2D eigenvalue weighted by Crippen LogP contribution is -2.37. The topological polar surface area (TPSA) is 56.3 Å². The number of likely N-dealkylation sites (tertiary alicyclic amines) is 1. The molecular weight excluding hydrogens is 308 g/mol. The summed E-state index contributed by atoms with van der Waals surface area (Å²) in [6.07, 6.45) is 2.55. The lowest BCUT2D eigenvalue weighted by molar-refractivity contribution is 0.0673. The van der Waals surface area contributed by atoms with Crippen molar-refractivity contribution < 1.29 is 5.11 Å². The van der Waals surface area contributed by atoms with E-state index in [1.54, 1.807) is 11.3 Å². The molecule has 124 valence electrons. The van der Waals surface area contributed by atoms with E-state index in [0.29, 0.717) is 0 Å². The fraction of sp³-hybridized carbons (Fsp3) is 0.500. The number of nitrogens with one attached hydrogen (secondary N) is 1. The zero-order chi connectivity index (χ0) is 16.4. The van der Waals surface area contributed by atoms with Crippen LogP contribution < -0.4 is 5.56 Å². The smallest absolute Gasteiger partial charge is 0.251 e. The van der Waals surface area contributed by atoms with Crippen molar-refractivity contribution >= 4 is 11.3 Å². The van der Waals surface area contributed by atoms with Crippen LogP contribution in [0.25, 0.3) is 10.4 Å². The summed E-state index contributed by atoms with van der Waals surface area (Å²) < 4.78 is 0. The van der Waals surface area contributed by atoms with Gasteiger partial charge in [-0.25, -0.2) is 0 Å². The molecule has 0 saturated carbocycles. The number of aromatic nitrogens is 1. The first-order valence-electron chi connectivity index (χ1n) is 8.29. The Kier molecular flexibility index (Phi) is 4.99. The SMILES string of the molecule is CCc1cc(-c2ccc(CN3CCCC(O)C3)s2)c(C)[nH]c1=O. The van der Waals surface area contributed by atoms with E-state index in [4.69, 9.17) is 0 Å². The van der Waals surface area contributed by atoms with Crippen molar-refractivity contribution in [2.45, 2.75) is 45.8 Å². The van der Waals surface area contributed by atoms with Crippen molar-refractivity contribution in [1.29, 1.82) is 0 Å². The number of nitrogens with zero attached hydrogens (tertiary/aromatic N) is 1. The van der Waals surface area contributed by atoms with Crippen LogP contribution in [0, 0.1) is 6.92 Å². The fourth-order valence-corrected chi connectivity index (χ4v) is 4.31. The molecule has 1 saturated heterocycles. The average Bonchev–Trinajstić information content (AvgIpc) is 2.95. The summed E-state index contributed by atoms with van der Waals surface area (Å²) >= 11 is 1.77. The molecule has 0 amide bonds. The molecule has 1 fully saturated rings. The number of piperidine rings is 1. The van der Waals surface area contributed by atoms with Crippen LogP contribution in [0.2, 0.25) is 0 Å². The Morgan fingerprint density at radius 3 is 3.00 bits per heavy atom. The van der Waals surface area contributed by atoms with Gasteiger partial charge in [0.25, 0.3) is 5.56 Å². The molecule has 1 aliphatic rings. The van der Waals surface area contributed by atoms with Crippen LogP contribution >= 0.6 is 11.3 Å². The molecule has 5 heteroatoms. The second kappa shape index (κ2) is 6.99. The van der Waals surface area contributed by atoms with Crippen molar-refractivity contribution in [3.63, 3.8) is 0 Å². The van der Waals surface area contributed by atoms with E-state index in [1.165, 1.54) is 9.75 Å². The van der Waals surface area contributed by atoms with Crippen molar-refractivity contribution in [2.75, 3.05) is 13.1 Å². The third-order valence-electron chi connectivity index (χ3n) is 4.48. The first kappa shape index (κ1) is 16.4. The highest BCUT2D eigenvalue weighted by atomic mass is 32.1. The molecule has 1 atom stereocenters. The summed E-state index contributed by atoms with van der Waals surface area (Å²) in [4.78, 5) is 19.7. The summed E-state index contributed by atoms with van der Waals surface area (Å²) in [6, 6.07) is 6.33. The molecule has 0 bridgehead atoms. The summed E-state index contributed by atoms with van der Waals surface area (Å²) in [6.45, 7) is 6.68. The Labute approximate surface area is 140 Å². The number of aliphatic hydroxyl groups excluding tert-OH is 1. The van der Waals surface area contributed by atoms with Gasteiger partial charge in [0, 0.05) is 39.7 Å². The number of hydrogen-bond acceptors (Lipinski definition) is 4. The monoisotopic (exact) mass is 332 g/mol. The second-order valence-corrected chi connectivity index (χ2v) is 7.48. The molecule has 3 heterocycles. The van der Waals surface area contributed by atoms with Crippen molar-refractivity contribution in [3.8, 4) is 10.4 Å². The van der Waals surface area contributed by atoms with Gasteiger partial charge in [-0.2, -0.15) is 0 Å². The largest absolute Gasteiger partial charge is 0.392 e. The minimum Gasteiger partial charge on any atom is -0.392 e. The van der Waals surface area contributed by atoms with Gasteiger partial charge < -0.3 is 10.1 Å². The normalized spacial score (nSPS) is 19.2. The van der Waals surface area contributed by atoms with Gasteiger partial charge in [-0.1, -0.05) is 6.92 Å². The Balaban J connectivity index is 1.80. The number of H-pyrrole nitrogens is 1. The van der Waals surface area contributed by atoms with Gasteiger partial charge in [-0.3, -0.25) is 9.69 Å². The van der Waals surface area contributed by atoms with Crippen molar-refractivity contribution in [1.82, 2.24) is 9.88 Å². The minimum absolute atomic E-state index is 0.0211. The quantitative estimate of drug-likeness (QED) is 0.905. The maximum atomic E-state index is 11.9. The van der Waals surface area contributed by atoms with E-state index in [9.17, 15) is 9.90 Å². The highest BCUT2D eigenvalue weighted by molar-refractivity contribution is 7.15. The summed E-state index contributed by atoms with van der Waals surface area (Å²) in [7, 11) is 0. The highest BCUT2D eigenvalue weighted by Crippen LogP contribution is 2.31. The van der Waals surface area contributed by atoms with Crippen molar-refractivity contribution in [2.24, 2.45) is 0 Å². The van der Waals surface area contributed by atoms with Gasteiger partial charge in [0.05, 0.1) is 6.10 Å². The number of aromatic amines is 1. The first-order valence-corrected chi connectivity index (χ1v) is 9.10. The third kappa shape index (κ3) is 3.74. The number of aliphatic hydroxyl groups is 1. The van der Waals surface area contributed by atoms with Gasteiger partial charge in [-0.15, -0.1) is 11.3 Å². The standard InChI is InChI=1S/C18H24N2O2S/c1-3-13-9-16(12(2)19-18(13)22)17-7-6-15(23-17)11-20-8-4-5-14(21)10-20/h6-7,9,14,21H,3-5,8,10-11H2,1-2H3,(H,19,22). The minimum atomic E-state index is -0.184. The van der Waals surface area contributed by atoms with E-state index in [2.05, 4.69) is 22.0 Å². The lowest BCUT2D eigenvalue weighted by atomic mass is 10.1. The lowest BCUT2D eigenvalue weighted by Gasteiger charge is -2.29. The summed E-state index contributed by atoms with van der Waals surface area (Å²) in [5, 5.41) is 9.79. The van der Waals surface area contributed by atoms with Crippen LogP contribution in [-0.4, -0.2) is 34.2 Å². The van der Waals surface area contributed by atoms with Gasteiger partial charge in [0.15, 0.2) is 0 Å². The predicted octanol–water partition coefficient (Wildman–Crippen LogP) is 2.93. The van der Waals surface area contributed by atoms with Gasteiger partial charge >= 0.3 is 0 Å². The Morgan fingerprint density at radius 1 is 1.43 bits per heavy atom. The number of hydrogen-bond donors (Lipinski definition) is 2. The van der Waals surface area contributed by atoms with E-state index < -0.39 is 0 Å². The third-order valence-corrected chi connectivity index (χ3v) is 5.59. The molecule has 3 rings (SSSR count).